The van der Waals surface area contributed by atoms with E-state index in [1.807, 2.05) is 6.08 Å². The summed E-state index contributed by atoms with van der Waals surface area (Å²) < 4.78 is 2.48. The zero-order chi connectivity index (χ0) is 30.1. The molecular weight excluding hydrogens is 544 g/mol. The van der Waals surface area contributed by atoms with Crippen molar-refractivity contribution >= 4 is 38.8 Å². The lowest BCUT2D eigenvalue weighted by molar-refractivity contribution is 0.789. The average molecular weight is 575 g/mol. The van der Waals surface area contributed by atoms with Gasteiger partial charge in [-0.2, -0.15) is 0 Å². The fourth-order valence-corrected chi connectivity index (χ4v) is 7.87. The van der Waals surface area contributed by atoms with E-state index in [9.17, 15) is 0 Å². The predicted octanol–water partition coefficient (Wildman–Crippen LogP) is 10.3. The minimum absolute atomic E-state index is 0.586. The van der Waals surface area contributed by atoms with Crippen molar-refractivity contribution in [1.82, 2.24) is 4.57 Å². The van der Waals surface area contributed by atoms with Gasteiger partial charge in [0.2, 0.25) is 0 Å². The number of aliphatic imine (C=N–C) groups is 1. The first kappa shape index (κ1) is 25.7. The van der Waals surface area contributed by atoms with E-state index in [2.05, 4.69) is 164 Å². The molecule has 2 heterocycles. The number of aromatic nitrogens is 1. The molecule has 0 N–H and O–H groups in total. The molecular formula is C43H30N2. The molecule has 0 fully saturated rings. The number of nitrogens with zero attached hydrogens (tertiary/aromatic N) is 2. The second-order valence-corrected chi connectivity index (χ2v) is 12.0. The summed E-state index contributed by atoms with van der Waals surface area (Å²) in [6.07, 6.45) is 1.89. The third kappa shape index (κ3) is 3.42. The molecule has 45 heavy (non-hydrogen) atoms. The molecule has 7 aromatic rings. The maximum absolute atomic E-state index is 5.55. The molecule has 0 bridgehead atoms. The number of para-hydroxylation sites is 3. The SMILES string of the molecule is C=C/C(=N\C1=C(c2ccccc2)C2(c3ccccc31)c1ccccc1-n1c3ccccc3c3cccc2c31)c1ccc(C)cc1. The van der Waals surface area contributed by atoms with Gasteiger partial charge in [-0.3, -0.25) is 0 Å². The number of hydrogen-bond donors (Lipinski definition) is 0. The largest absolute Gasteiger partial charge is 0.309 e. The first-order chi connectivity index (χ1) is 22.2. The molecule has 2 heteroatoms. The van der Waals surface area contributed by atoms with Crippen molar-refractivity contribution in [3.8, 4) is 5.69 Å². The van der Waals surface area contributed by atoms with Gasteiger partial charge >= 0.3 is 0 Å². The van der Waals surface area contributed by atoms with E-state index in [0.717, 1.165) is 28.1 Å². The van der Waals surface area contributed by atoms with E-state index in [-0.39, 0.29) is 0 Å². The lowest BCUT2D eigenvalue weighted by Crippen LogP contribution is -2.34. The number of aryl methyl sites for hydroxylation is 1. The molecule has 1 atom stereocenters. The summed E-state index contributed by atoms with van der Waals surface area (Å²) in [6, 6.07) is 52.9. The van der Waals surface area contributed by atoms with Crippen LogP contribution in [0.15, 0.2) is 163 Å². The lowest BCUT2D eigenvalue weighted by atomic mass is 9.63. The minimum atomic E-state index is -0.586. The Hall–Kier alpha value is -5.73. The number of rotatable bonds is 4. The maximum Gasteiger partial charge on any atom is 0.0776 e. The fourth-order valence-electron chi connectivity index (χ4n) is 7.87. The molecule has 2 nitrogen and oxygen atoms in total. The van der Waals surface area contributed by atoms with Crippen molar-refractivity contribution in [3.05, 3.63) is 197 Å². The summed E-state index contributed by atoms with van der Waals surface area (Å²) in [5.74, 6) is 0. The van der Waals surface area contributed by atoms with Crippen LogP contribution in [0.1, 0.15) is 38.9 Å². The first-order valence-corrected chi connectivity index (χ1v) is 15.5. The Kier molecular flexibility index (Phi) is 5.51. The lowest BCUT2D eigenvalue weighted by Gasteiger charge is -2.41. The summed E-state index contributed by atoms with van der Waals surface area (Å²) in [5, 5.41) is 2.54. The molecule has 0 amide bonds. The van der Waals surface area contributed by atoms with Gasteiger partial charge in [-0.15, -0.1) is 0 Å². The summed E-state index contributed by atoms with van der Waals surface area (Å²) in [5.41, 5.74) is 14.5. The summed E-state index contributed by atoms with van der Waals surface area (Å²) in [7, 11) is 0. The summed E-state index contributed by atoms with van der Waals surface area (Å²) >= 11 is 0. The topological polar surface area (TPSA) is 17.3 Å². The van der Waals surface area contributed by atoms with Crippen molar-refractivity contribution in [2.75, 3.05) is 0 Å². The molecule has 9 rings (SSSR count). The predicted molar refractivity (Wildman–Crippen MR) is 188 cm³/mol. The van der Waals surface area contributed by atoms with Gasteiger partial charge in [-0.25, -0.2) is 4.99 Å². The van der Waals surface area contributed by atoms with Crippen LogP contribution in [0.25, 0.3) is 38.8 Å². The highest BCUT2D eigenvalue weighted by Crippen LogP contribution is 2.62. The summed E-state index contributed by atoms with van der Waals surface area (Å²) in [6.45, 7) is 6.34. The molecule has 1 aromatic heterocycles. The Balaban J connectivity index is 1.50. The van der Waals surface area contributed by atoms with Gasteiger partial charge in [-0.1, -0.05) is 146 Å². The van der Waals surface area contributed by atoms with Gasteiger partial charge in [0.05, 0.1) is 33.5 Å². The van der Waals surface area contributed by atoms with Crippen molar-refractivity contribution < 1.29 is 0 Å². The molecule has 1 unspecified atom stereocenters. The average Bonchev–Trinajstić information content (AvgIpc) is 3.58. The van der Waals surface area contributed by atoms with Gasteiger partial charge in [0, 0.05) is 27.5 Å². The number of benzene rings is 6. The highest BCUT2D eigenvalue weighted by Gasteiger charge is 2.52. The minimum Gasteiger partial charge on any atom is -0.309 e. The van der Waals surface area contributed by atoms with E-state index in [4.69, 9.17) is 4.99 Å². The Bertz CT molecular complexity index is 2390. The molecule has 1 aliphatic carbocycles. The normalized spacial score (nSPS) is 16.8. The molecule has 0 saturated carbocycles. The van der Waals surface area contributed by atoms with Crippen LogP contribution in [0, 0.1) is 6.92 Å². The van der Waals surface area contributed by atoms with Gasteiger partial charge in [0.25, 0.3) is 0 Å². The molecule has 1 spiro atoms. The van der Waals surface area contributed by atoms with Crippen molar-refractivity contribution in [1.29, 1.82) is 0 Å². The molecule has 0 radical (unpaired) electrons. The van der Waals surface area contributed by atoms with E-state index in [0.29, 0.717) is 0 Å². The number of hydrogen-bond acceptors (Lipinski definition) is 1. The van der Waals surface area contributed by atoms with Crippen LogP contribution in [0.3, 0.4) is 0 Å². The monoisotopic (exact) mass is 574 g/mol. The number of fused-ring (bicyclic) bond motifs is 9. The third-order valence-corrected chi connectivity index (χ3v) is 9.68. The van der Waals surface area contributed by atoms with E-state index < -0.39 is 5.41 Å². The Morgan fingerprint density at radius 1 is 0.644 bits per heavy atom. The Morgan fingerprint density at radius 2 is 1.31 bits per heavy atom. The standard InChI is InChI=1S/C43H30N2/c1-3-37(29-26-24-28(2)25-27-29)44-41-33-17-7-9-19-34(33)43(40(41)30-14-5-4-6-15-30)35-20-10-12-23-39(35)45-38-22-11-8-16-31(38)32-18-13-21-36(43)42(32)45/h3-27H,1H2,2H3/b44-37+. The molecule has 6 aromatic carbocycles. The fraction of sp³-hybridized carbons (Fsp3) is 0.0465. The highest BCUT2D eigenvalue weighted by molar-refractivity contribution is 6.18. The maximum atomic E-state index is 5.55. The smallest absolute Gasteiger partial charge is 0.0776 e. The third-order valence-electron chi connectivity index (χ3n) is 9.68. The second-order valence-electron chi connectivity index (χ2n) is 12.0. The first-order valence-electron chi connectivity index (χ1n) is 15.5. The number of allylic oxidation sites excluding steroid dienone is 2. The van der Waals surface area contributed by atoms with E-state index in [1.165, 1.54) is 55.3 Å². The molecule has 1 aliphatic heterocycles. The van der Waals surface area contributed by atoms with Gasteiger partial charge in [0.15, 0.2) is 0 Å². The molecule has 0 saturated heterocycles. The highest BCUT2D eigenvalue weighted by atomic mass is 15.0. The van der Waals surface area contributed by atoms with Gasteiger partial charge in [-0.05, 0) is 47.4 Å². The van der Waals surface area contributed by atoms with Crippen molar-refractivity contribution in [2.24, 2.45) is 4.99 Å². The summed E-state index contributed by atoms with van der Waals surface area (Å²) in [4.78, 5) is 5.55. The molecule has 212 valence electrons. The van der Waals surface area contributed by atoms with Crippen LogP contribution in [-0.4, -0.2) is 10.3 Å². The molecule has 2 aliphatic rings. The quantitative estimate of drug-likeness (QED) is 0.186. The van der Waals surface area contributed by atoms with Crippen LogP contribution >= 0.6 is 0 Å². The van der Waals surface area contributed by atoms with E-state index in [1.54, 1.807) is 0 Å². The van der Waals surface area contributed by atoms with Crippen LogP contribution in [-0.2, 0) is 5.41 Å². The van der Waals surface area contributed by atoms with Crippen LogP contribution in [0.5, 0.6) is 0 Å². The Morgan fingerprint density at radius 3 is 2.13 bits per heavy atom. The van der Waals surface area contributed by atoms with Gasteiger partial charge in [0.1, 0.15) is 0 Å². The zero-order valence-electron chi connectivity index (χ0n) is 25.0. The second kappa shape index (κ2) is 9.64. The van der Waals surface area contributed by atoms with Crippen molar-refractivity contribution in [2.45, 2.75) is 12.3 Å². The van der Waals surface area contributed by atoms with Gasteiger partial charge < -0.3 is 4.57 Å². The zero-order valence-corrected chi connectivity index (χ0v) is 25.0. The van der Waals surface area contributed by atoms with Crippen LogP contribution in [0.2, 0.25) is 0 Å². The van der Waals surface area contributed by atoms with E-state index >= 15 is 0 Å². The van der Waals surface area contributed by atoms with Crippen molar-refractivity contribution in [3.63, 3.8) is 0 Å². The van der Waals surface area contributed by atoms with Crippen LogP contribution in [0.4, 0.5) is 0 Å². The van der Waals surface area contributed by atoms with Crippen LogP contribution < -0.4 is 0 Å². The Labute approximate surface area is 263 Å².